The van der Waals surface area contributed by atoms with Crippen LogP contribution in [-0.2, 0) is 6.61 Å². The number of aryl methyl sites for hydroxylation is 1. The van der Waals surface area contributed by atoms with Crippen molar-refractivity contribution in [1.82, 2.24) is 15.1 Å². The monoisotopic (exact) mass is 594 g/mol. The Labute approximate surface area is 241 Å². The lowest BCUT2D eigenvalue weighted by atomic mass is 9.92. The molecule has 4 aromatic rings. The third-order valence-corrected chi connectivity index (χ3v) is 7.17. The number of nitrogens with one attached hydrogen (secondary N) is 1. The summed E-state index contributed by atoms with van der Waals surface area (Å²) in [7, 11) is 0. The molecule has 0 radical (unpaired) electrons. The number of aromatic nitrogens is 2. The number of hydrogen-bond acceptors (Lipinski definition) is 4. The number of benzene rings is 3. The van der Waals surface area contributed by atoms with Crippen LogP contribution in [0.25, 0.3) is 10.5 Å². The normalized spacial score (nSPS) is 15.2. The molecule has 1 aliphatic rings. The lowest BCUT2D eigenvalue weighted by Crippen LogP contribution is -2.36. The molecule has 3 aromatic carbocycles. The lowest BCUT2D eigenvalue weighted by molar-refractivity contribution is 0.0934. The number of carbonyl (C=O) groups is 1. The van der Waals surface area contributed by atoms with E-state index < -0.39 is 6.10 Å². The number of aliphatic hydroxyl groups is 1. The van der Waals surface area contributed by atoms with E-state index in [0.717, 1.165) is 21.2 Å². The van der Waals surface area contributed by atoms with E-state index in [9.17, 15) is 9.90 Å². The number of hydrogen-bond donors (Lipinski definition) is 2. The maximum atomic E-state index is 13.3. The summed E-state index contributed by atoms with van der Waals surface area (Å²) in [5.41, 5.74) is 4.75. The second-order valence-electron chi connectivity index (χ2n) is 9.49. The minimum absolute atomic E-state index is 0.290. The van der Waals surface area contributed by atoms with Crippen molar-refractivity contribution in [3.05, 3.63) is 141 Å². The molecule has 7 nitrogen and oxygen atoms in total. The summed E-state index contributed by atoms with van der Waals surface area (Å²) in [6.07, 6.45) is 5.24. The number of amides is 1. The number of ether oxygens (including phenoxy) is 1. The van der Waals surface area contributed by atoms with Gasteiger partial charge in [0.25, 0.3) is 5.91 Å². The highest BCUT2D eigenvalue weighted by Crippen LogP contribution is 2.33. The molecular weight excluding hydrogens is 568 g/mol. The smallest absolute Gasteiger partial charge is 0.270 e. The Morgan fingerprint density at radius 3 is 2.77 bits per heavy atom. The van der Waals surface area contributed by atoms with Gasteiger partial charge in [-0.05, 0) is 76.3 Å². The Hall–Kier alpha value is -4.45. The molecule has 40 heavy (non-hydrogen) atoms. The molecule has 0 aliphatic heterocycles. The molecule has 5 rings (SSSR count). The zero-order valence-corrected chi connectivity index (χ0v) is 23.4. The van der Waals surface area contributed by atoms with Crippen molar-refractivity contribution in [2.45, 2.75) is 32.1 Å². The van der Waals surface area contributed by atoms with Gasteiger partial charge in [-0.15, -0.1) is 0 Å². The summed E-state index contributed by atoms with van der Waals surface area (Å²) in [6, 6.07) is 23.9. The van der Waals surface area contributed by atoms with E-state index in [1.165, 1.54) is 0 Å². The largest absolute Gasteiger partial charge is 0.488 e. The summed E-state index contributed by atoms with van der Waals surface area (Å²) in [6.45, 7) is 9.55. The number of carbonyl (C=O) groups excluding carboxylic acids is 1. The van der Waals surface area contributed by atoms with E-state index in [1.807, 2.05) is 79.7 Å². The van der Waals surface area contributed by atoms with Gasteiger partial charge in [0.15, 0.2) is 5.69 Å². The van der Waals surface area contributed by atoms with Gasteiger partial charge in [0.05, 0.1) is 28.5 Å². The SMILES string of the molecule is [C-]#[N+]c1cccc(-n2nc(C)cc2C(=O)NC2C=CC=C(C(O)c3ccc(OCc4ccccc4)c(Br)c3)C2)c1. The first kappa shape index (κ1) is 27.1. The van der Waals surface area contributed by atoms with Crippen molar-refractivity contribution in [1.29, 1.82) is 0 Å². The highest BCUT2D eigenvalue weighted by molar-refractivity contribution is 9.10. The minimum Gasteiger partial charge on any atom is -0.488 e. The van der Waals surface area contributed by atoms with Crippen LogP contribution in [0.4, 0.5) is 5.69 Å². The molecule has 1 aliphatic carbocycles. The summed E-state index contributed by atoms with van der Waals surface area (Å²) >= 11 is 3.57. The third-order valence-electron chi connectivity index (χ3n) is 6.55. The number of aliphatic hydroxyl groups excluding tert-OH is 1. The zero-order valence-electron chi connectivity index (χ0n) is 21.8. The molecule has 1 aromatic heterocycles. The zero-order chi connectivity index (χ0) is 28.1. The number of allylic oxidation sites excluding steroid dienone is 2. The fourth-order valence-corrected chi connectivity index (χ4v) is 5.06. The van der Waals surface area contributed by atoms with Crippen LogP contribution in [0.15, 0.2) is 107 Å². The average Bonchev–Trinajstić information content (AvgIpc) is 3.38. The Balaban J connectivity index is 1.25. The number of rotatable bonds is 8. The Bertz CT molecular complexity index is 1640. The maximum absolute atomic E-state index is 13.3. The van der Waals surface area contributed by atoms with Crippen molar-refractivity contribution >= 4 is 27.5 Å². The molecule has 1 amide bonds. The van der Waals surface area contributed by atoms with Gasteiger partial charge in [-0.25, -0.2) is 9.53 Å². The van der Waals surface area contributed by atoms with Crippen molar-refractivity contribution in [2.24, 2.45) is 0 Å². The van der Waals surface area contributed by atoms with Crippen LogP contribution in [0.1, 0.15) is 39.8 Å². The van der Waals surface area contributed by atoms with E-state index >= 15 is 0 Å². The van der Waals surface area contributed by atoms with Crippen molar-refractivity contribution in [2.75, 3.05) is 0 Å². The molecule has 0 saturated heterocycles. The molecule has 2 N–H and O–H groups in total. The quantitative estimate of drug-likeness (QED) is 0.220. The third kappa shape index (κ3) is 6.23. The molecule has 1 heterocycles. The van der Waals surface area contributed by atoms with Gasteiger partial charge in [-0.2, -0.15) is 5.10 Å². The average molecular weight is 595 g/mol. The van der Waals surface area contributed by atoms with Gasteiger partial charge in [-0.3, -0.25) is 4.79 Å². The summed E-state index contributed by atoms with van der Waals surface area (Å²) in [5, 5.41) is 18.7. The predicted octanol–water partition coefficient (Wildman–Crippen LogP) is 6.79. The van der Waals surface area contributed by atoms with Crippen LogP contribution in [0.5, 0.6) is 5.75 Å². The van der Waals surface area contributed by atoms with Crippen LogP contribution in [0.2, 0.25) is 0 Å². The van der Waals surface area contributed by atoms with Crippen LogP contribution in [-0.4, -0.2) is 26.8 Å². The number of halogens is 1. The lowest BCUT2D eigenvalue weighted by Gasteiger charge is -2.24. The summed E-state index contributed by atoms with van der Waals surface area (Å²) in [4.78, 5) is 16.8. The minimum atomic E-state index is -0.840. The molecule has 2 atom stereocenters. The predicted molar refractivity (Wildman–Crippen MR) is 158 cm³/mol. The van der Waals surface area contributed by atoms with Gasteiger partial charge in [0.2, 0.25) is 0 Å². The van der Waals surface area contributed by atoms with E-state index in [2.05, 4.69) is 31.2 Å². The Morgan fingerprint density at radius 1 is 1.18 bits per heavy atom. The van der Waals surface area contributed by atoms with Gasteiger partial charge in [0.1, 0.15) is 24.2 Å². The van der Waals surface area contributed by atoms with Crippen LogP contribution in [0, 0.1) is 13.5 Å². The van der Waals surface area contributed by atoms with E-state index in [-0.39, 0.29) is 11.9 Å². The fourth-order valence-electron chi connectivity index (χ4n) is 4.55. The van der Waals surface area contributed by atoms with Crippen LogP contribution in [0.3, 0.4) is 0 Å². The molecule has 8 heteroatoms. The fraction of sp³-hybridized carbons (Fsp3) is 0.156. The molecule has 0 saturated carbocycles. The van der Waals surface area contributed by atoms with Gasteiger partial charge >= 0.3 is 0 Å². The molecule has 200 valence electrons. The number of nitrogens with zero attached hydrogens (tertiary/aromatic N) is 3. The van der Waals surface area contributed by atoms with E-state index in [1.54, 1.807) is 28.9 Å². The Kier molecular flexibility index (Phi) is 8.25. The van der Waals surface area contributed by atoms with Crippen molar-refractivity contribution < 1.29 is 14.6 Å². The van der Waals surface area contributed by atoms with E-state index in [4.69, 9.17) is 11.3 Å². The summed E-state index contributed by atoms with van der Waals surface area (Å²) in [5.74, 6) is 0.401. The highest BCUT2D eigenvalue weighted by atomic mass is 79.9. The standard InChI is InChI=1S/C32H27BrN4O3/c1-21-16-29(37(36-21)27-13-7-11-25(19-27)34-2)32(39)35-26-12-6-10-23(17-26)31(38)24-14-15-30(28(33)18-24)40-20-22-8-4-3-5-9-22/h3-16,18-19,26,31,38H,17,20H2,1H3,(H,35,39). The van der Waals surface area contributed by atoms with E-state index in [0.29, 0.717) is 41.5 Å². The first-order valence-corrected chi connectivity index (χ1v) is 13.6. The second-order valence-corrected chi connectivity index (χ2v) is 10.3. The topological polar surface area (TPSA) is 80.7 Å². The molecule has 0 spiro atoms. The first-order chi connectivity index (χ1) is 19.4. The maximum Gasteiger partial charge on any atom is 0.270 e. The van der Waals surface area contributed by atoms with Crippen LogP contribution >= 0.6 is 15.9 Å². The second kappa shape index (κ2) is 12.2. The molecular formula is C32H27BrN4O3. The molecule has 2 unspecified atom stereocenters. The van der Waals surface area contributed by atoms with Gasteiger partial charge in [-0.1, -0.05) is 66.8 Å². The van der Waals surface area contributed by atoms with Crippen molar-refractivity contribution in [3.8, 4) is 11.4 Å². The van der Waals surface area contributed by atoms with Gasteiger partial charge < -0.3 is 15.2 Å². The molecule has 0 bridgehead atoms. The summed E-state index contributed by atoms with van der Waals surface area (Å²) < 4.78 is 8.24. The highest BCUT2D eigenvalue weighted by Gasteiger charge is 2.23. The Morgan fingerprint density at radius 2 is 2.00 bits per heavy atom. The van der Waals surface area contributed by atoms with Crippen LogP contribution < -0.4 is 10.1 Å². The van der Waals surface area contributed by atoms with Gasteiger partial charge in [0, 0.05) is 0 Å². The first-order valence-electron chi connectivity index (χ1n) is 12.8. The van der Waals surface area contributed by atoms with Crippen molar-refractivity contribution in [3.63, 3.8) is 0 Å². The molecule has 0 fully saturated rings.